The molecule has 0 aromatic carbocycles. The molecule has 1 heterocycles. The van der Waals surface area contributed by atoms with E-state index in [2.05, 4.69) is 10.3 Å². The second-order valence-electron chi connectivity index (χ2n) is 3.43. The third-order valence-corrected chi connectivity index (χ3v) is 1.91. The zero-order valence-electron chi connectivity index (χ0n) is 9.16. The van der Waals surface area contributed by atoms with Crippen LogP contribution in [0.1, 0.15) is 24.6 Å². The summed E-state index contributed by atoms with van der Waals surface area (Å²) in [5, 5.41) is 2.73. The summed E-state index contributed by atoms with van der Waals surface area (Å²) in [4.78, 5) is 14.8. The number of aromatic nitrogens is 1. The quantitative estimate of drug-likeness (QED) is 0.761. The molecule has 0 aliphatic carbocycles. The topological polar surface area (TPSA) is 42.0 Å². The Hall–Kier alpha value is -1.64. The minimum absolute atomic E-state index is 0.0112. The lowest BCUT2D eigenvalue weighted by Crippen LogP contribution is -2.20. The van der Waals surface area contributed by atoms with Gasteiger partial charge in [-0.1, -0.05) is 6.08 Å². The van der Waals surface area contributed by atoms with Crippen LogP contribution in [0, 0.1) is 6.92 Å². The number of hydrogen-bond acceptors (Lipinski definition) is 2. The smallest absolute Gasteiger partial charge is 0.216 e. The second kappa shape index (κ2) is 5.96. The van der Waals surface area contributed by atoms with Crippen molar-refractivity contribution < 1.29 is 4.79 Å². The first kappa shape index (κ1) is 11.4. The van der Waals surface area contributed by atoms with Gasteiger partial charge in [-0.25, -0.2) is 0 Å². The van der Waals surface area contributed by atoms with E-state index in [-0.39, 0.29) is 5.91 Å². The van der Waals surface area contributed by atoms with Gasteiger partial charge in [0.2, 0.25) is 5.91 Å². The Morgan fingerprint density at radius 3 is 3.07 bits per heavy atom. The molecule has 0 aliphatic rings. The number of hydrogen-bond donors (Lipinski definition) is 1. The highest BCUT2D eigenvalue weighted by atomic mass is 16.1. The fourth-order valence-electron chi connectivity index (χ4n) is 1.19. The fraction of sp³-hybridized carbons (Fsp3) is 0.333. The normalized spacial score (nSPS) is 10.5. The molecule has 1 amide bonds. The van der Waals surface area contributed by atoms with Crippen LogP contribution in [0.15, 0.2) is 24.4 Å². The predicted molar refractivity (Wildman–Crippen MR) is 61.3 cm³/mol. The van der Waals surface area contributed by atoms with E-state index in [9.17, 15) is 4.79 Å². The highest BCUT2D eigenvalue weighted by Crippen LogP contribution is 2.02. The van der Waals surface area contributed by atoms with Crippen LogP contribution in [0.25, 0.3) is 6.08 Å². The van der Waals surface area contributed by atoms with E-state index >= 15 is 0 Å². The summed E-state index contributed by atoms with van der Waals surface area (Å²) in [5.74, 6) is 0.0112. The van der Waals surface area contributed by atoms with Gasteiger partial charge < -0.3 is 5.32 Å². The molecule has 0 saturated heterocycles. The Morgan fingerprint density at radius 1 is 1.60 bits per heavy atom. The maximum atomic E-state index is 10.6. The summed E-state index contributed by atoms with van der Waals surface area (Å²) in [6.45, 7) is 4.24. The van der Waals surface area contributed by atoms with Crippen LogP contribution in [-0.2, 0) is 4.79 Å². The first-order chi connectivity index (χ1) is 7.18. The largest absolute Gasteiger partial charge is 0.356 e. The van der Waals surface area contributed by atoms with Crippen LogP contribution >= 0.6 is 0 Å². The standard InChI is InChI=1S/C12H16N2O/c1-10-6-8-14-12(9-10)5-3-4-7-13-11(2)15/h3,5-6,8-9H,4,7H2,1-2H3,(H,13,15). The van der Waals surface area contributed by atoms with Crippen molar-refractivity contribution in [2.45, 2.75) is 20.3 Å². The summed E-state index contributed by atoms with van der Waals surface area (Å²) in [6, 6.07) is 3.99. The first-order valence-corrected chi connectivity index (χ1v) is 5.02. The third-order valence-electron chi connectivity index (χ3n) is 1.91. The van der Waals surface area contributed by atoms with E-state index in [1.165, 1.54) is 12.5 Å². The summed E-state index contributed by atoms with van der Waals surface area (Å²) in [5.41, 5.74) is 2.16. The molecular formula is C12H16N2O. The molecule has 3 heteroatoms. The van der Waals surface area contributed by atoms with Crippen LogP contribution in [0.2, 0.25) is 0 Å². The average Bonchev–Trinajstić information content (AvgIpc) is 2.17. The molecule has 0 radical (unpaired) electrons. The molecule has 0 atom stereocenters. The molecule has 1 N–H and O–H groups in total. The lowest BCUT2D eigenvalue weighted by atomic mass is 10.2. The van der Waals surface area contributed by atoms with Gasteiger partial charge in [0.15, 0.2) is 0 Å². The minimum Gasteiger partial charge on any atom is -0.356 e. The summed E-state index contributed by atoms with van der Waals surface area (Å²) in [6.07, 6.45) is 6.60. The van der Waals surface area contributed by atoms with Crippen molar-refractivity contribution in [2.24, 2.45) is 0 Å². The SMILES string of the molecule is CC(=O)NCCC=Cc1cc(C)ccn1. The number of nitrogens with one attached hydrogen (secondary N) is 1. The average molecular weight is 204 g/mol. The molecule has 0 aliphatic heterocycles. The van der Waals surface area contributed by atoms with Crippen molar-refractivity contribution >= 4 is 12.0 Å². The Kier molecular flexibility index (Phi) is 4.54. The van der Waals surface area contributed by atoms with Crippen molar-refractivity contribution in [3.8, 4) is 0 Å². The molecular weight excluding hydrogens is 188 g/mol. The van der Waals surface area contributed by atoms with Crippen LogP contribution < -0.4 is 5.32 Å². The van der Waals surface area contributed by atoms with Crippen LogP contribution in [0.5, 0.6) is 0 Å². The van der Waals surface area contributed by atoms with Crippen molar-refractivity contribution in [1.29, 1.82) is 0 Å². The van der Waals surface area contributed by atoms with E-state index in [4.69, 9.17) is 0 Å². The summed E-state index contributed by atoms with van der Waals surface area (Å²) < 4.78 is 0. The molecule has 1 rings (SSSR count). The van der Waals surface area contributed by atoms with Gasteiger partial charge in [0.05, 0.1) is 5.69 Å². The molecule has 0 unspecified atom stereocenters. The molecule has 1 aromatic rings. The summed E-state index contributed by atoms with van der Waals surface area (Å²) in [7, 11) is 0. The zero-order valence-corrected chi connectivity index (χ0v) is 9.16. The van der Waals surface area contributed by atoms with Gasteiger partial charge in [-0.3, -0.25) is 9.78 Å². The lowest BCUT2D eigenvalue weighted by molar-refractivity contribution is -0.118. The van der Waals surface area contributed by atoms with Crippen molar-refractivity contribution in [1.82, 2.24) is 10.3 Å². The Morgan fingerprint density at radius 2 is 2.40 bits per heavy atom. The molecule has 0 fully saturated rings. The van der Waals surface area contributed by atoms with Gasteiger partial charge in [0.25, 0.3) is 0 Å². The molecule has 15 heavy (non-hydrogen) atoms. The van der Waals surface area contributed by atoms with Gasteiger partial charge in [-0.05, 0) is 37.1 Å². The number of carbonyl (C=O) groups is 1. The zero-order chi connectivity index (χ0) is 11.1. The second-order valence-corrected chi connectivity index (χ2v) is 3.43. The number of nitrogens with zero attached hydrogens (tertiary/aromatic N) is 1. The molecule has 1 aromatic heterocycles. The van der Waals surface area contributed by atoms with E-state index < -0.39 is 0 Å². The van der Waals surface area contributed by atoms with Crippen LogP contribution in [-0.4, -0.2) is 17.4 Å². The van der Waals surface area contributed by atoms with E-state index in [1.807, 2.05) is 31.2 Å². The van der Waals surface area contributed by atoms with E-state index in [0.29, 0.717) is 6.54 Å². The maximum Gasteiger partial charge on any atom is 0.216 e. The Balaban J connectivity index is 2.35. The molecule has 0 spiro atoms. The highest BCUT2D eigenvalue weighted by Gasteiger charge is 1.89. The highest BCUT2D eigenvalue weighted by molar-refractivity contribution is 5.72. The monoisotopic (exact) mass is 204 g/mol. The molecule has 0 saturated carbocycles. The van der Waals surface area contributed by atoms with E-state index in [0.717, 1.165) is 12.1 Å². The predicted octanol–water partition coefficient (Wildman–Crippen LogP) is 1.93. The van der Waals surface area contributed by atoms with Gasteiger partial charge in [0, 0.05) is 19.7 Å². The number of rotatable bonds is 4. The first-order valence-electron chi connectivity index (χ1n) is 5.02. The van der Waals surface area contributed by atoms with Crippen molar-refractivity contribution in [2.75, 3.05) is 6.54 Å². The molecule has 3 nitrogen and oxygen atoms in total. The molecule has 80 valence electrons. The lowest BCUT2D eigenvalue weighted by Gasteiger charge is -1.97. The van der Waals surface area contributed by atoms with Gasteiger partial charge in [-0.15, -0.1) is 0 Å². The number of aryl methyl sites for hydroxylation is 1. The van der Waals surface area contributed by atoms with Crippen LogP contribution in [0.4, 0.5) is 0 Å². The minimum atomic E-state index is 0.0112. The number of pyridine rings is 1. The van der Waals surface area contributed by atoms with Crippen molar-refractivity contribution in [3.05, 3.63) is 35.7 Å². The van der Waals surface area contributed by atoms with Gasteiger partial charge in [0.1, 0.15) is 0 Å². The fourth-order valence-corrected chi connectivity index (χ4v) is 1.19. The number of amides is 1. The third kappa shape index (κ3) is 4.96. The van der Waals surface area contributed by atoms with Crippen molar-refractivity contribution in [3.63, 3.8) is 0 Å². The van der Waals surface area contributed by atoms with Gasteiger partial charge in [-0.2, -0.15) is 0 Å². The van der Waals surface area contributed by atoms with Gasteiger partial charge >= 0.3 is 0 Å². The number of carbonyl (C=O) groups excluding carboxylic acids is 1. The summed E-state index contributed by atoms with van der Waals surface area (Å²) >= 11 is 0. The Bertz CT molecular complexity index is 358. The van der Waals surface area contributed by atoms with Crippen LogP contribution in [0.3, 0.4) is 0 Å². The molecule has 0 bridgehead atoms. The maximum absolute atomic E-state index is 10.6. The van der Waals surface area contributed by atoms with E-state index in [1.54, 1.807) is 6.20 Å². The Labute approximate surface area is 90.2 Å².